The zero-order valence-corrected chi connectivity index (χ0v) is 21.5. The topological polar surface area (TPSA) is 83.5 Å². The van der Waals surface area contributed by atoms with Crippen LogP contribution in [0.3, 0.4) is 0 Å². The summed E-state index contributed by atoms with van der Waals surface area (Å²) in [6.45, 7) is 2.80. The summed E-state index contributed by atoms with van der Waals surface area (Å²) in [4.78, 5) is 27.4. The van der Waals surface area contributed by atoms with E-state index < -0.39 is 0 Å². The normalized spacial score (nSPS) is 14.4. The molecule has 1 amide bonds. The summed E-state index contributed by atoms with van der Waals surface area (Å²) in [5, 5.41) is 0. The van der Waals surface area contributed by atoms with E-state index in [1.807, 2.05) is 17.0 Å². The van der Waals surface area contributed by atoms with Crippen molar-refractivity contribution in [2.45, 2.75) is 19.4 Å². The molecule has 1 aliphatic heterocycles. The first-order valence-corrected chi connectivity index (χ1v) is 12.1. The van der Waals surface area contributed by atoms with Crippen LogP contribution in [0.1, 0.15) is 44.8 Å². The Hall–Kier alpha value is -4.20. The molecule has 8 nitrogen and oxygen atoms in total. The Kier molecular flexibility index (Phi) is 8.18. The maximum Gasteiger partial charge on any atom is 0.338 e. The van der Waals surface area contributed by atoms with Crippen LogP contribution in [-0.2, 0) is 11.2 Å². The molecule has 3 aromatic carbocycles. The van der Waals surface area contributed by atoms with Crippen molar-refractivity contribution in [1.82, 2.24) is 4.90 Å². The number of rotatable bonds is 9. The Bertz CT molecular complexity index is 1240. The summed E-state index contributed by atoms with van der Waals surface area (Å²) in [6.07, 6.45) is 0.669. The van der Waals surface area contributed by atoms with Crippen LogP contribution in [0.5, 0.6) is 23.0 Å². The fraction of sp³-hybridized carbons (Fsp3) is 0.310. The van der Waals surface area contributed by atoms with Gasteiger partial charge in [-0.1, -0.05) is 0 Å². The predicted molar refractivity (Wildman–Crippen MR) is 138 cm³/mol. The van der Waals surface area contributed by atoms with Crippen molar-refractivity contribution in [2.75, 3.05) is 41.1 Å². The lowest BCUT2D eigenvalue weighted by molar-refractivity contribution is 0.0524. The average molecular weight is 506 g/mol. The van der Waals surface area contributed by atoms with E-state index in [-0.39, 0.29) is 24.5 Å². The Morgan fingerprint density at radius 3 is 2.08 bits per heavy atom. The number of benzene rings is 3. The van der Waals surface area contributed by atoms with E-state index in [9.17, 15) is 9.59 Å². The predicted octanol–water partition coefficient (Wildman–Crippen LogP) is 4.71. The van der Waals surface area contributed by atoms with E-state index in [1.165, 1.54) is 0 Å². The third-order valence-electron chi connectivity index (χ3n) is 6.37. The second-order valence-electron chi connectivity index (χ2n) is 8.45. The van der Waals surface area contributed by atoms with Gasteiger partial charge >= 0.3 is 5.97 Å². The summed E-state index contributed by atoms with van der Waals surface area (Å²) in [5.74, 6) is 2.01. The molecule has 0 unspecified atom stereocenters. The summed E-state index contributed by atoms with van der Waals surface area (Å²) in [7, 11) is 4.78. The van der Waals surface area contributed by atoms with Crippen molar-refractivity contribution in [3.8, 4) is 23.0 Å². The lowest BCUT2D eigenvalue weighted by atomic mass is 9.91. The number of fused-ring (bicyclic) bond motifs is 1. The highest BCUT2D eigenvalue weighted by Gasteiger charge is 2.33. The van der Waals surface area contributed by atoms with Gasteiger partial charge in [-0.15, -0.1) is 0 Å². The molecule has 0 saturated carbocycles. The quantitative estimate of drug-likeness (QED) is 0.390. The van der Waals surface area contributed by atoms with E-state index in [4.69, 9.17) is 23.7 Å². The van der Waals surface area contributed by atoms with Gasteiger partial charge in [0, 0.05) is 12.1 Å². The van der Waals surface area contributed by atoms with Gasteiger partial charge in [0.2, 0.25) is 0 Å². The van der Waals surface area contributed by atoms with E-state index in [0.29, 0.717) is 53.7 Å². The van der Waals surface area contributed by atoms with Crippen LogP contribution in [-0.4, -0.2) is 57.9 Å². The van der Waals surface area contributed by atoms with Gasteiger partial charge in [0.1, 0.15) is 18.1 Å². The van der Waals surface area contributed by atoms with Crippen molar-refractivity contribution in [2.24, 2.45) is 0 Å². The van der Waals surface area contributed by atoms with Crippen LogP contribution in [0.2, 0.25) is 0 Å². The third kappa shape index (κ3) is 5.63. The molecule has 194 valence electrons. The molecular weight excluding hydrogens is 474 g/mol. The number of ether oxygens (including phenoxy) is 5. The number of esters is 1. The number of carbonyl (C=O) groups excluding carboxylic acids is 2. The number of carbonyl (C=O) groups is 2. The van der Waals surface area contributed by atoms with Crippen molar-refractivity contribution < 1.29 is 33.3 Å². The summed E-state index contributed by atoms with van der Waals surface area (Å²) in [6, 6.07) is 17.3. The lowest BCUT2D eigenvalue weighted by Gasteiger charge is -2.37. The van der Waals surface area contributed by atoms with Crippen LogP contribution >= 0.6 is 0 Å². The Morgan fingerprint density at radius 2 is 1.46 bits per heavy atom. The SMILES string of the molecule is CCOC(=O)c1ccc(OC[C@@H]2c3cc(OC)c(OC)cc3CCN2C(=O)c2ccc(OC)cc2)cc1. The molecule has 0 aliphatic carbocycles. The Labute approximate surface area is 216 Å². The molecule has 0 saturated heterocycles. The highest BCUT2D eigenvalue weighted by Crippen LogP contribution is 2.39. The van der Waals surface area contributed by atoms with Gasteiger partial charge in [-0.25, -0.2) is 4.79 Å². The molecule has 4 rings (SSSR count). The largest absolute Gasteiger partial charge is 0.497 e. The van der Waals surface area contributed by atoms with Gasteiger partial charge in [-0.05, 0) is 85.1 Å². The number of hydrogen-bond acceptors (Lipinski definition) is 7. The van der Waals surface area contributed by atoms with Crippen molar-refractivity contribution in [3.63, 3.8) is 0 Å². The van der Waals surface area contributed by atoms with E-state index in [0.717, 1.165) is 11.1 Å². The standard InChI is InChI=1S/C29H31NO7/c1-5-36-29(32)20-8-12-23(13-9-20)37-18-25-24-17-27(35-4)26(34-3)16-21(24)14-15-30(25)28(31)19-6-10-22(33-2)11-7-19/h6-13,16-17,25H,5,14-15,18H2,1-4H3/t25-/m1/s1. The molecule has 0 aromatic heterocycles. The number of nitrogens with zero attached hydrogens (tertiary/aromatic N) is 1. The molecule has 0 spiro atoms. The highest BCUT2D eigenvalue weighted by molar-refractivity contribution is 5.95. The Balaban J connectivity index is 1.63. The van der Waals surface area contributed by atoms with Crippen LogP contribution < -0.4 is 18.9 Å². The van der Waals surface area contributed by atoms with Gasteiger partial charge in [-0.3, -0.25) is 4.79 Å². The minimum absolute atomic E-state index is 0.102. The molecular formula is C29H31NO7. The first-order valence-electron chi connectivity index (χ1n) is 12.1. The highest BCUT2D eigenvalue weighted by atomic mass is 16.5. The first kappa shape index (κ1) is 25.9. The van der Waals surface area contributed by atoms with Crippen molar-refractivity contribution in [3.05, 3.63) is 82.9 Å². The van der Waals surface area contributed by atoms with Crippen LogP contribution in [0.25, 0.3) is 0 Å². The maximum atomic E-state index is 13.6. The van der Waals surface area contributed by atoms with E-state index in [2.05, 4.69) is 0 Å². The monoisotopic (exact) mass is 505 g/mol. The molecule has 1 aliphatic rings. The number of amides is 1. The molecule has 0 bridgehead atoms. The van der Waals surface area contributed by atoms with E-state index >= 15 is 0 Å². The van der Waals surface area contributed by atoms with Gasteiger partial charge in [0.05, 0.1) is 39.5 Å². The van der Waals surface area contributed by atoms with Crippen LogP contribution in [0.4, 0.5) is 0 Å². The average Bonchev–Trinajstić information content (AvgIpc) is 2.95. The summed E-state index contributed by atoms with van der Waals surface area (Å²) < 4.78 is 27.5. The smallest absolute Gasteiger partial charge is 0.338 e. The molecule has 1 atom stereocenters. The molecule has 0 N–H and O–H groups in total. The lowest BCUT2D eigenvalue weighted by Crippen LogP contribution is -2.42. The van der Waals surface area contributed by atoms with Crippen molar-refractivity contribution in [1.29, 1.82) is 0 Å². The zero-order valence-electron chi connectivity index (χ0n) is 21.5. The zero-order chi connectivity index (χ0) is 26.4. The molecule has 1 heterocycles. The van der Waals surface area contributed by atoms with Crippen LogP contribution in [0, 0.1) is 0 Å². The van der Waals surface area contributed by atoms with Gasteiger partial charge in [-0.2, -0.15) is 0 Å². The number of methoxy groups -OCH3 is 3. The first-order chi connectivity index (χ1) is 18.0. The fourth-order valence-corrected chi connectivity index (χ4v) is 4.43. The molecule has 8 heteroatoms. The molecule has 37 heavy (non-hydrogen) atoms. The molecule has 0 fully saturated rings. The molecule has 0 radical (unpaired) electrons. The third-order valence-corrected chi connectivity index (χ3v) is 6.37. The van der Waals surface area contributed by atoms with Gasteiger partial charge in [0.25, 0.3) is 5.91 Å². The fourth-order valence-electron chi connectivity index (χ4n) is 4.43. The second kappa shape index (κ2) is 11.7. The molecule has 3 aromatic rings. The maximum absolute atomic E-state index is 13.6. The van der Waals surface area contributed by atoms with Crippen LogP contribution in [0.15, 0.2) is 60.7 Å². The minimum atomic E-state index is -0.382. The summed E-state index contributed by atoms with van der Waals surface area (Å²) >= 11 is 0. The Morgan fingerprint density at radius 1 is 0.838 bits per heavy atom. The van der Waals surface area contributed by atoms with Gasteiger partial charge < -0.3 is 28.6 Å². The second-order valence-corrected chi connectivity index (χ2v) is 8.45. The number of hydrogen-bond donors (Lipinski definition) is 0. The summed E-state index contributed by atoms with van der Waals surface area (Å²) in [5.41, 5.74) is 3.02. The van der Waals surface area contributed by atoms with Crippen molar-refractivity contribution >= 4 is 11.9 Å². The van der Waals surface area contributed by atoms with Gasteiger partial charge in [0.15, 0.2) is 11.5 Å². The van der Waals surface area contributed by atoms with E-state index in [1.54, 1.807) is 76.8 Å². The minimum Gasteiger partial charge on any atom is -0.497 e.